The summed E-state index contributed by atoms with van der Waals surface area (Å²) in [5, 5.41) is 6.89. The van der Waals surface area contributed by atoms with E-state index in [1.54, 1.807) is 13.8 Å². The van der Waals surface area contributed by atoms with Crippen LogP contribution >= 0.6 is 11.3 Å². The number of carbonyl (C=O) groups excluding carboxylic acids is 2. The van der Waals surface area contributed by atoms with E-state index in [2.05, 4.69) is 20.4 Å². The normalized spacial score (nSPS) is 13.1. The van der Waals surface area contributed by atoms with Gasteiger partial charge in [-0.05, 0) is 44.7 Å². The van der Waals surface area contributed by atoms with Crippen LogP contribution in [0, 0.1) is 6.92 Å². The molecule has 1 aliphatic rings. The maximum absolute atomic E-state index is 13.3. The molecule has 1 aliphatic carbocycles. The molecular formula is C18H17F2N5O3S. The Kier molecular flexibility index (Phi) is 4.99. The summed E-state index contributed by atoms with van der Waals surface area (Å²) < 4.78 is 32.5. The predicted molar refractivity (Wildman–Crippen MR) is 101 cm³/mol. The van der Waals surface area contributed by atoms with Crippen LogP contribution in [0.25, 0.3) is 5.78 Å². The second kappa shape index (κ2) is 7.47. The minimum atomic E-state index is -2.80. The molecule has 11 heteroatoms. The van der Waals surface area contributed by atoms with Gasteiger partial charge >= 0.3 is 5.97 Å². The number of alkyl halides is 2. The van der Waals surface area contributed by atoms with Crippen molar-refractivity contribution in [1.29, 1.82) is 0 Å². The second-order valence-electron chi connectivity index (χ2n) is 6.51. The third kappa shape index (κ3) is 3.46. The van der Waals surface area contributed by atoms with Gasteiger partial charge in [-0.1, -0.05) is 0 Å². The largest absolute Gasteiger partial charge is 0.462 e. The average Bonchev–Trinajstić information content (AvgIpc) is 3.34. The molecule has 0 spiro atoms. The molecule has 3 heterocycles. The van der Waals surface area contributed by atoms with Gasteiger partial charge in [0.1, 0.15) is 10.7 Å². The number of nitrogens with one attached hydrogen (secondary N) is 1. The number of hydrogen-bond acceptors (Lipinski definition) is 7. The fourth-order valence-corrected chi connectivity index (χ4v) is 4.61. The Labute approximate surface area is 167 Å². The van der Waals surface area contributed by atoms with Crippen LogP contribution in [-0.4, -0.2) is 38.1 Å². The maximum atomic E-state index is 13.3. The van der Waals surface area contributed by atoms with Crippen molar-refractivity contribution >= 4 is 34.0 Å². The summed E-state index contributed by atoms with van der Waals surface area (Å²) in [6, 6.07) is 1.19. The molecule has 0 unspecified atom stereocenters. The highest BCUT2D eigenvalue weighted by Gasteiger charge is 2.29. The fourth-order valence-electron chi connectivity index (χ4n) is 3.34. The molecule has 3 aromatic heterocycles. The van der Waals surface area contributed by atoms with Gasteiger partial charge in [-0.15, -0.1) is 16.4 Å². The quantitative estimate of drug-likeness (QED) is 0.635. The summed E-state index contributed by atoms with van der Waals surface area (Å²) in [6.45, 7) is 3.48. The van der Waals surface area contributed by atoms with Crippen LogP contribution in [0.2, 0.25) is 0 Å². The molecule has 0 aromatic carbocycles. The molecule has 0 aliphatic heterocycles. The summed E-state index contributed by atoms with van der Waals surface area (Å²) in [4.78, 5) is 34.2. The molecule has 29 heavy (non-hydrogen) atoms. The zero-order chi connectivity index (χ0) is 20.7. The Balaban J connectivity index is 1.69. The number of esters is 1. The molecule has 0 fully saturated rings. The van der Waals surface area contributed by atoms with E-state index in [0.29, 0.717) is 16.3 Å². The first kappa shape index (κ1) is 19.4. The number of halogens is 2. The number of fused-ring (bicyclic) bond motifs is 2. The van der Waals surface area contributed by atoms with Crippen molar-refractivity contribution in [3.63, 3.8) is 0 Å². The number of rotatable bonds is 5. The Hall–Kier alpha value is -2.95. The molecule has 152 valence electrons. The predicted octanol–water partition coefficient (Wildman–Crippen LogP) is 3.35. The number of nitrogens with zero attached hydrogens (tertiary/aromatic N) is 4. The van der Waals surface area contributed by atoms with Gasteiger partial charge in [-0.25, -0.2) is 18.6 Å². The molecule has 1 N–H and O–H groups in total. The summed E-state index contributed by atoms with van der Waals surface area (Å²) in [5.41, 5.74) is 1.18. The van der Waals surface area contributed by atoms with Crippen molar-refractivity contribution in [3.8, 4) is 0 Å². The topological polar surface area (TPSA) is 98.5 Å². The van der Waals surface area contributed by atoms with E-state index in [-0.39, 0.29) is 18.2 Å². The van der Waals surface area contributed by atoms with E-state index >= 15 is 0 Å². The lowest BCUT2D eigenvalue weighted by molar-refractivity contribution is 0.0527. The third-order valence-electron chi connectivity index (χ3n) is 4.52. The molecule has 4 rings (SSSR count). The van der Waals surface area contributed by atoms with Gasteiger partial charge in [0, 0.05) is 10.6 Å². The zero-order valence-electron chi connectivity index (χ0n) is 15.7. The lowest BCUT2D eigenvalue weighted by Gasteiger charge is -2.06. The average molecular weight is 421 g/mol. The van der Waals surface area contributed by atoms with E-state index in [4.69, 9.17) is 4.74 Å². The summed E-state index contributed by atoms with van der Waals surface area (Å²) in [6.07, 6.45) is -0.288. The molecule has 8 nitrogen and oxygen atoms in total. The van der Waals surface area contributed by atoms with Crippen molar-refractivity contribution in [3.05, 3.63) is 39.3 Å². The molecule has 0 saturated carbocycles. The van der Waals surface area contributed by atoms with E-state index in [1.165, 1.54) is 17.4 Å². The van der Waals surface area contributed by atoms with E-state index < -0.39 is 24.0 Å². The van der Waals surface area contributed by atoms with Crippen LogP contribution in [0.3, 0.4) is 0 Å². The number of aryl methyl sites for hydroxylation is 2. The number of thiophene rings is 1. The zero-order valence-corrected chi connectivity index (χ0v) is 16.5. The SMILES string of the molecule is CCOC(=O)c1c(NC(=O)c2nc3nc(C)cc(C(F)F)n3n2)sc2c1CCC2. The molecular weight excluding hydrogens is 404 g/mol. The third-order valence-corrected chi connectivity index (χ3v) is 5.73. The first-order valence-electron chi connectivity index (χ1n) is 9.04. The van der Waals surface area contributed by atoms with Crippen molar-refractivity contribution in [1.82, 2.24) is 19.6 Å². The van der Waals surface area contributed by atoms with Crippen LogP contribution in [0.15, 0.2) is 6.07 Å². The Bertz CT molecular complexity index is 1120. The fraction of sp³-hybridized carbons (Fsp3) is 0.389. The standard InChI is InChI=1S/C18H17F2N5O3S/c1-3-28-17(27)12-9-5-4-6-11(9)29-16(12)23-15(26)14-22-18-21-8(2)7-10(13(19)20)25(18)24-14/h7,13H,3-6H2,1-2H3,(H,23,26). The van der Waals surface area contributed by atoms with Gasteiger partial charge in [0.05, 0.1) is 12.2 Å². The number of aromatic nitrogens is 4. The Morgan fingerprint density at radius 2 is 2.14 bits per heavy atom. The lowest BCUT2D eigenvalue weighted by atomic mass is 10.1. The number of ether oxygens (including phenoxy) is 1. The first-order valence-corrected chi connectivity index (χ1v) is 9.86. The van der Waals surface area contributed by atoms with Crippen molar-refractivity contribution in [2.75, 3.05) is 11.9 Å². The van der Waals surface area contributed by atoms with Gasteiger partial charge in [0.2, 0.25) is 5.82 Å². The van der Waals surface area contributed by atoms with Gasteiger partial charge in [0.15, 0.2) is 0 Å². The van der Waals surface area contributed by atoms with Crippen LogP contribution in [0.1, 0.15) is 62.6 Å². The summed E-state index contributed by atoms with van der Waals surface area (Å²) in [7, 11) is 0. The second-order valence-corrected chi connectivity index (χ2v) is 7.61. The highest BCUT2D eigenvalue weighted by atomic mass is 32.1. The molecule has 0 bridgehead atoms. The highest BCUT2D eigenvalue weighted by Crippen LogP contribution is 2.39. The summed E-state index contributed by atoms with van der Waals surface area (Å²) >= 11 is 1.31. The molecule has 0 atom stereocenters. The van der Waals surface area contributed by atoms with Crippen molar-refractivity contribution in [2.45, 2.75) is 39.5 Å². The van der Waals surface area contributed by atoms with Crippen molar-refractivity contribution < 1.29 is 23.1 Å². The monoisotopic (exact) mass is 421 g/mol. The van der Waals surface area contributed by atoms with Gasteiger partial charge in [-0.3, -0.25) is 4.79 Å². The number of anilines is 1. The summed E-state index contributed by atoms with van der Waals surface area (Å²) in [5.74, 6) is -1.61. The number of hydrogen-bond donors (Lipinski definition) is 1. The minimum absolute atomic E-state index is 0.0928. The van der Waals surface area contributed by atoms with Crippen molar-refractivity contribution in [2.24, 2.45) is 0 Å². The molecule has 1 amide bonds. The molecule has 3 aromatic rings. The van der Waals surface area contributed by atoms with Gasteiger partial charge in [0.25, 0.3) is 18.1 Å². The molecule has 0 saturated heterocycles. The van der Waals surface area contributed by atoms with E-state index in [1.807, 2.05) is 0 Å². The lowest BCUT2D eigenvalue weighted by Crippen LogP contribution is -2.16. The Morgan fingerprint density at radius 3 is 2.86 bits per heavy atom. The maximum Gasteiger partial charge on any atom is 0.341 e. The van der Waals surface area contributed by atoms with Crippen LogP contribution < -0.4 is 5.32 Å². The Morgan fingerprint density at radius 1 is 1.34 bits per heavy atom. The van der Waals surface area contributed by atoms with Crippen LogP contribution in [0.5, 0.6) is 0 Å². The van der Waals surface area contributed by atoms with Gasteiger partial charge < -0.3 is 10.1 Å². The van der Waals surface area contributed by atoms with Crippen LogP contribution in [0.4, 0.5) is 13.8 Å². The van der Waals surface area contributed by atoms with E-state index in [9.17, 15) is 18.4 Å². The van der Waals surface area contributed by atoms with E-state index in [0.717, 1.165) is 34.2 Å². The minimum Gasteiger partial charge on any atom is -0.462 e. The van der Waals surface area contributed by atoms with Crippen LogP contribution in [-0.2, 0) is 17.6 Å². The smallest absolute Gasteiger partial charge is 0.341 e. The first-order chi connectivity index (χ1) is 13.9. The number of amides is 1. The van der Waals surface area contributed by atoms with Gasteiger partial charge in [-0.2, -0.15) is 9.50 Å². The molecule has 0 radical (unpaired) electrons. The number of carbonyl (C=O) groups is 2. The highest BCUT2D eigenvalue weighted by molar-refractivity contribution is 7.17.